The number of carbonyl (C=O) groups excluding carboxylic acids is 1. The van der Waals surface area contributed by atoms with Gasteiger partial charge in [-0.05, 0) is 54.5 Å². The van der Waals surface area contributed by atoms with E-state index in [9.17, 15) is 4.79 Å². The molecular formula is C28H31NO3. The van der Waals surface area contributed by atoms with Crippen LogP contribution >= 0.6 is 0 Å². The van der Waals surface area contributed by atoms with Gasteiger partial charge >= 0.3 is 5.97 Å². The predicted octanol–water partition coefficient (Wildman–Crippen LogP) is 5.63. The van der Waals surface area contributed by atoms with Gasteiger partial charge in [0.1, 0.15) is 12.3 Å². The van der Waals surface area contributed by atoms with Gasteiger partial charge in [0.05, 0.1) is 12.7 Å². The molecule has 1 heterocycles. The highest BCUT2D eigenvalue weighted by molar-refractivity contribution is 5.89. The highest BCUT2D eigenvalue weighted by atomic mass is 16.5. The number of piperidine rings is 1. The van der Waals surface area contributed by atoms with Crippen LogP contribution < -0.4 is 0 Å². The summed E-state index contributed by atoms with van der Waals surface area (Å²) in [6.45, 7) is 1.92. The Balaban J connectivity index is 1.48. The molecule has 0 radical (unpaired) electrons. The molecule has 0 aliphatic carbocycles. The van der Waals surface area contributed by atoms with Crippen molar-refractivity contribution < 1.29 is 14.3 Å². The Labute approximate surface area is 190 Å². The first kappa shape index (κ1) is 22.3. The standard InChI is InChI=1S/C28H31NO3/c1-31-28(30)25-16-10-11-22(21-25)18-20-29-19-9-8-17-26(29)32-27(23-12-4-2-5-13-23)24-14-6-3-7-15-24/h2-7,10-16,21,26-27H,8-9,17-20H2,1H3/t26-/m1/s1. The number of rotatable bonds is 8. The largest absolute Gasteiger partial charge is 0.465 e. The van der Waals surface area contributed by atoms with Gasteiger partial charge in [0.25, 0.3) is 0 Å². The number of likely N-dealkylation sites (tertiary alicyclic amines) is 1. The highest BCUT2D eigenvalue weighted by Gasteiger charge is 2.27. The fraction of sp³-hybridized carbons (Fsp3) is 0.321. The van der Waals surface area contributed by atoms with Crippen molar-refractivity contribution in [1.29, 1.82) is 0 Å². The summed E-state index contributed by atoms with van der Waals surface area (Å²) in [5.41, 5.74) is 4.09. The molecule has 0 amide bonds. The summed E-state index contributed by atoms with van der Waals surface area (Å²) < 4.78 is 11.7. The first-order valence-electron chi connectivity index (χ1n) is 11.4. The second-order valence-corrected chi connectivity index (χ2v) is 8.27. The minimum atomic E-state index is -0.292. The van der Waals surface area contributed by atoms with Crippen molar-refractivity contribution >= 4 is 5.97 Å². The summed E-state index contributed by atoms with van der Waals surface area (Å²) in [6.07, 6.45) is 4.23. The topological polar surface area (TPSA) is 38.8 Å². The Morgan fingerprint density at radius 3 is 2.28 bits per heavy atom. The van der Waals surface area contributed by atoms with Crippen LogP contribution in [0.5, 0.6) is 0 Å². The summed E-state index contributed by atoms with van der Waals surface area (Å²) in [7, 11) is 1.42. The number of carbonyl (C=O) groups is 1. The van der Waals surface area contributed by atoms with Gasteiger partial charge in [0.2, 0.25) is 0 Å². The molecule has 0 N–H and O–H groups in total. The maximum atomic E-state index is 11.9. The SMILES string of the molecule is COC(=O)c1cccc(CCN2CCCC[C@H]2OC(c2ccccc2)c2ccccc2)c1. The lowest BCUT2D eigenvalue weighted by atomic mass is 10.0. The molecule has 4 heteroatoms. The normalized spacial score (nSPS) is 16.8. The van der Waals surface area contributed by atoms with E-state index in [1.807, 2.05) is 24.3 Å². The lowest BCUT2D eigenvalue weighted by Crippen LogP contribution is -2.43. The van der Waals surface area contributed by atoms with Gasteiger partial charge in [0, 0.05) is 13.1 Å². The number of benzene rings is 3. The van der Waals surface area contributed by atoms with E-state index in [1.165, 1.54) is 31.1 Å². The average Bonchev–Trinajstić information content (AvgIpc) is 2.87. The Morgan fingerprint density at radius 2 is 1.62 bits per heavy atom. The van der Waals surface area contributed by atoms with Gasteiger partial charge in [0.15, 0.2) is 0 Å². The van der Waals surface area contributed by atoms with E-state index >= 15 is 0 Å². The van der Waals surface area contributed by atoms with Crippen molar-refractivity contribution in [2.45, 2.75) is 38.0 Å². The van der Waals surface area contributed by atoms with Crippen LogP contribution in [-0.4, -0.2) is 37.3 Å². The zero-order valence-corrected chi connectivity index (χ0v) is 18.7. The van der Waals surface area contributed by atoms with Crippen LogP contribution in [0, 0.1) is 0 Å². The van der Waals surface area contributed by atoms with Crippen LogP contribution in [-0.2, 0) is 15.9 Å². The Kier molecular flexibility index (Phi) is 7.70. The molecule has 166 valence electrons. The predicted molar refractivity (Wildman–Crippen MR) is 127 cm³/mol. The van der Waals surface area contributed by atoms with Gasteiger partial charge in [-0.15, -0.1) is 0 Å². The lowest BCUT2D eigenvalue weighted by molar-refractivity contribution is -0.105. The second kappa shape index (κ2) is 11.1. The first-order valence-corrected chi connectivity index (χ1v) is 11.4. The van der Waals surface area contributed by atoms with Gasteiger partial charge in [-0.3, -0.25) is 4.90 Å². The minimum Gasteiger partial charge on any atom is -0.465 e. The summed E-state index contributed by atoms with van der Waals surface area (Å²) in [5.74, 6) is -0.292. The molecular weight excluding hydrogens is 398 g/mol. The van der Waals surface area contributed by atoms with Crippen LogP contribution in [0.3, 0.4) is 0 Å². The quantitative estimate of drug-likeness (QED) is 0.435. The molecule has 1 fully saturated rings. The number of hydrogen-bond donors (Lipinski definition) is 0. The molecule has 32 heavy (non-hydrogen) atoms. The van der Waals surface area contributed by atoms with Crippen LogP contribution in [0.4, 0.5) is 0 Å². The Bertz CT molecular complexity index is 950. The van der Waals surface area contributed by atoms with Crippen LogP contribution in [0.25, 0.3) is 0 Å². The van der Waals surface area contributed by atoms with Crippen molar-refractivity contribution in [3.63, 3.8) is 0 Å². The highest BCUT2D eigenvalue weighted by Crippen LogP contribution is 2.31. The third-order valence-corrected chi connectivity index (χ3v) is 6.09. The van der Waals surface area contributed by atoms with E-state index in [1.54, 1.807) is 6.07 Å². The molecule has 0 saturated carbocycles. The Morgan fingerprint density at radius 1 is 0.938 bits per heavy atom. The zero-order chi connectivity index (χ0) is 22.2. The fourth-order valence-corrected chi connectivity index (χ4v) is 4.38. The average molecular weight is 430 g/mol. The number of nitrogens with zero attached hydrogens (tertiary/aromatic N) is 1. The van der Waals surface area contributed by atoms with Crippen LogP contribution in [0.1, 0.15) is 52.4 Å². The van der Waals surface area contributed by atoms with Crippen molar-refractivity contribution in [2.24, 2.45) is 0 Å². The molecule has 1 aliphatic rings. The van der Waals surface area contributed by atoms with Crippen molar-refractivity contribution in [2.75, 3.05) is 20.2 Å². The van der Waals surface area contributed by atoms with Crippen LogP contribution in [0.15, 0.2) is 84.9 Å². The molecule has 3 aromatic carbocycles. The molecule has 4 nitrogen and oxygen atoms in total. The maximum absolute atomic E-state index is 11.9. The van der Waals surface area contributed by atoms with Crippen molar-refractivity contribution in [3.05, 3.63) is 107 Å². The van der Waals surface area contributed by atoms with Crippen LogP contribution in [0.2, 0.25) is 0 Å². The summed E-state index contributed by atoms with van der Waals surface area (Å²) in [5, 5.41) is 0. The van der Waals surface area contributed by atoms with E-state index in [4.69, 9.17) is 9.47 Å². The number of methoxy groups -OCH3 is 1. The molecule has 0 spiro atoms. The number of esters is 1. The Hall–Kier alpha value is -2.95. The molecule has 1 saturated heterocycles. The molecule has 4 rings (SSSR count). The van der Waals surface area contributed by atoms with E-state index in [2.05, 4.69) is 59.5 Å². The summed E-state index contributed by atoms with van der Waals surface area (Å²) >= 11 is 0. The molecule has 0 bridgehead atoms. The molecule has 3 aromatic rings. The van der Waals surface area contributed by atoms with Gasteiger partial charge in [-0.25, -0.2) is 4.79 Å². The first-order chi connectivity index (χ1) is 15.7. The van der Waals surface area contributed by atoms with Crippen molar-refractivity contribution in [1.82, 2.24) is 4.90 Å². The third-order valence-electron chi connectivity index (χ3n) is 6.09. The van der Waals surface area contributed by atoms with Gasteiger partial charge < -0.3 is 9.47 Å². The van der Waals surface area contributed by atoms with E-state index in [0.29, 0.717) is 5.56 Å². The monoisotopic (exact) mass is 429 g/mol. The number of ether oxygens (including phenoxy) is 2. The molecule has 1 atom stereocenters. The summed E-state index contributed by atoms with van der Waals surface area (Å²) in [6, 6.07) is 28.7. The third kappa shape index (κ3) is 5.64. The molecule has 0 aromatic heterocycles. The van der Waals surface area contributed by atoms with Crippen molar-refractivity contribution in [3.8, 4) is 0 Å². The molecule has 0 unspecified atom stereocenters. The van der Waals surface area contributed by atoms with E-state index in [-0.39, 0.29) is 18.3 Å². The number of hydrogen-bond acceptors (Lipinski definition) is 4. The van der Waals surface area contributed by atoms with Gasteiger partial charge in [-0.2, -0.15) is 0 Å². The van der Waals surface area contributed by atoms with E-state index in [0.717, 1.165) is 31.5 Å². The molecule has 1 aliphatic heterocycles. The lowest BCUT2D eigenvalue weighted by Gasteiger charge is -2.38. The smallest absolute Gasteiger partial charge is 0.337 e. The van der Waals surface area contributed by atoms with E-state index < -0.39 is 0 Å². The minimum absolute atomic E-state index is 0.0675. The second-order valence-electron chi connectivity index (χ2n) is 8.27. The summed E-state index contributed by atoms with van der Waals surface area (Å²) in [4.78, 5) is 14.3. The van der Waals surface area contributed by atoms with Gasteiger partial charge in [-0.1, -0.05) is 72.8 Å². The zero-order valence-electron chi connectivity index (χ0n) is 18.7. The fourth-order valence-electron chi connectivity index (χ4n) is 4.38. The maximum Gasteiger partial charge on any atom is 0.337 e.